The normalized spacial score (nSPS) is 15.2. The summed E-state index contributed by atoms with van der Waals surface area (Å²) in [5.41, 5.74) is 4.76. The Hall–Kier alpha value is -1.63. The number of hydrogen-bond acceptors (Lipinski definition) is 1. The number of hydrogen-bond donors (Lipinski definition) is 0. The van der Waals surface area contributed by atoms with Gasteiger partial charge in [0.25, 0.3) is 0 Å². The van der Waals surface area contributed by atoms with Crippen molar-refractivity contribution in [2.75, 3.05) is 0 Å². The van der Waals surface area contributed by atoms with Crippen LogP contribution < -0.4 is 0 Å². The Balaban J connectivity index is 2.57. The molecule has 1 aromatic carbocycles. The third kappa shape index (κ3) is 2.70. The van der Waals surface area contributed by atoms with Gasteiger partial charge in [0.15, 0.2) is 5.78 Å². The molecule has 19 heavy (non-hydrogen) atoms. The lowest BCUT2D eigenvalue weighted by Crippen LogP contribution is -2.10. The molecule has 0 fully saturated rings. The number of allylic oxidation sites excluding steroid dienone is 4. The van der Waals surface area contributed by atoms with E-state index < -0.39 is 0 Å². The third-order valence-corrected chi connectivity index (χ3v) is 3.61. The second kappa shape index (κ2) is 5.16. The summed E-state index contributed by atoms with van der Waals surface area (Å²) < 4.78 is 0. The molecule has 0 saturated heterocycles. The van der Waals surface area contributed by atoms with Crippen molar-refractivity contribution < 1.29 is 4.79 Å². The van der Waals surface area contributed by atoms with Crippen LogP contribution in [0.2, 0.25) is 0 Å². The van der Waals surface area contributed by atoms with E-state index in [9.17, 15) is 4.79 Å². The molecule has 0 atom stereocenters. The SMILES string of the molecule is CCC(=O)c1ccccc1C1=C(C(C)(C)C)C=CC1. The molecule has 0 bridgehead atoms. The highest BCUT2D eigenvalue weighted by Crippen LogP contribution is 2.40. The molecule has 1 aromatic rings. The molecular weight excluding hydrogens is 232 g/mol. The van der Waals surface area contributed by atoms with Crippen LogP contribution in [0.15, 0.2) is 42.0 Å². The molecule has 1 nitrogen and oxygen atoms in total. The van der Waals surface area contributed by atoms with Gasteiger partial charge in [-0.05, 0) is 28.5 Å². The summed E-state index contributed by atoms with van der Waals surface area (Å²) in [5, 5.41) is 0. The first-order chi connectivity index (χ1) is 8.95. The predicted molar refractivity (Wildman–Crippen MR) is 81.2 cm³/mol. The molecule has 0 aromatic heterocycles. The predicted octanol–water partition coefficient (Wildman–Crippen LogP) is 5.04. The molecule has 0 aliphatic heterocycles. The van der Waals surface area contributed by atoms with Gasteiger partial charge in [-0.1, -0.05) is 64.1 Å². The lowest BCUT2D eigenvalue weighted by atomic mass is 9.82. The molecule has 100 valence electrons. The molecule has 0 radical (unpaired) electrons. The van der Waals surface area contributed by atoms with Crippen LogP contribution >= 0.6 is 0 Å². The Kier molecular flexibility index (Phi) is 3.75. The van der Waals surface area contributed by atoms with Crippen molar-refractivity contribution in [3.8, 4) is 0 Å². The Morgan fingerprint density at radius 3 is 2.53 bits per heavy atom. The van der Waals surface area contributed by atoms with Gasteiger partial charge in [0.1, 0.15) is 0 Å². The first-order valence-electron chi connectivity index (χ1n) is 6.98. The van der Waals surface area contributed by atoms with Crippen LogP contribution in [0.4, 0.5) is 0 Å². The number of Topliss-reactive ketones (excluding diaryl/α,β-unsaturated/α-hetero) is 1. The summed E-state index contributed by atoms with van der Waals surface area (Å²) in [4.78, 5) is 12.1. The van der Waals surface area contributed by atoms with Crippen LogP contribution in [0, 0.1) is 5.41 Å². The number of carbonyl (C=O) groups is 1. The van der Waals surface area contributed by atoms with E-state index in [1.807, 2.05) is 25.1 Å². The van der Waals surface area contributed by atoms with Crippen molar-refractivity contribution in [1.29, 1.82) is 0 Å². The maximum absolute atomic E-state index is 12.1. The van der Waals surface area contributed by atoms with Crippen molar-refractivity contribution in [2.24, 2.45) is 5.41 Å². The summed E-state index contributed by atoms with van der Waals surface area (Å²) in [6, 6.07) is 8.00. The zero-order valence-corrected chi connectivity index (χ0v) is 12.3. The largest absolute Gasteiger partial charge is 0.294 e. The quantitative estimate of drug-likeness (QED) is 0.691. The fraction of sp³-hybridized carbons (Fsp3) is 0.389. The maximum Gasteiger partial charge on any atom is 0.163 e. The van der Waals surface area contributed by atoms with E-state index in [1.54, 1.807) is 0 Å². The Bertz CT molecular complexity index is 553. The van der Waals surface area contributed by atoms with Gasteiger partial charge in [-0.15, -0.1) is 0 Å². The van der Waals surface area contributed by atoms with Crippen LogP contribution in [0.25, 0.3) is 5.57 Å². The summed E-state index contributed by atoms with van der Waals surface area (Å²) in [6.07, 6.45) is 5.90. The topological polar surface area (TPSA) is 17.1 Å². The van der Waals surface area contributed by atoms with Crippen LogP contribution in [0.1, 0.15) is 56.5 Å². The van der Waals surface area contributed by atoms with Gasteiger partial charge in [0.05, 0.1) is 0 Å². The van der Waals surface area contributed by atoms with Gasteiger partial charge in [0.2, 0.25) is 0 Å². The minimum absolute atomic E-state index is 0.116. The number of benzene rings is 1. The van der Waals surface area contributed by atoms with Crippen molar-refractivity contribution in [2.45, 2.75) is 40.5 Å². The molecule has 0 saturated carbocycles. The van der Waals surface area contributed by atoms with E-state index in [-0.39, 0.29) is 11.2 Å². The minimum Gasteiger partial charge on any atom is -0.294 e. The van der Waals surface area contributed by atoms with E-state index in [0.717, 1.165) is 17.5 Å². The lowest BCUT2D eigenvalue weighted by Gasteiger charge is -2.22. The molecular formula is C18H22O. The van der Waals surface area contributed by atoms with Crippen molar-refractivity contribution in [3.05, 3.63) is 53.1 Å². The number of rotatable bonds is 3. The standard InChI is InChI=1S/C18H22O/c1-5-17(19)15-10-7-6-9-13(15)14-11-8-12-16(14)18(2,3)4/h6-10,12H,5,11H2,1-4H3. The fourth-order valence-electron chi connectivity index (χ4n) is 2.64. The maximum atomic E-state index is 12.1. The first kappa shape index (κ1) is 13.8. The van der Waals surface area contributed by atoms with Gasteiger partial charge in [-0.25, -0.2) is 0 Å². The molecule has 1 heteroatoms. The zero-order valence-electron chi connectivity index (χ0n) is 12.3. The average Bonchev–Trinajstić information content (AvgIpc) is 2.87. The summed E-state index contributed by atoms with van der Waals surface area (Å²) in [5.74, 6) is 0.225. The van der Waals surface area contributed by atoms with Gasteiger partial charge in [-0.3, -0.25) is 4.79 Å². The number of carbonyl (C=O) groups excluding carboxylic acids is 1. The van der Waals surface area contributed by atoms with Crippen molar-refractivity contribution in [1.82, 2.24) is 0 Å². The van der Waals surface area contributed by atoms with E-state index in [1.165, 1.54) is 11.1 Å². The minimum atomic E-state index is 0.116. The van der Waals surface area contributed by atoms with Crippen LogP contribution in [0.5, 0.6) is 0 Å². The van der Waals surface area contributed by atoms with E-state index in [0.29, 0.717) is 6.42 Å². The van der Waals surface area contributed by atoms with Crippen molar-refractivity contribution >= 4 is 11.4 Å². The van der Waals surface area contributed by atoms with Crippen LogP contribution in [-0.2, 0) is 0 Å². The summed E-state index contributed by atoms with van der Waals surface area (Å²) in [7, 11) is 0. The highest BCUT2D eigenvalue weighted by Gasteiger charge is 2.24. The van der Waals surface area contributed by atoms with Crippen molar-refractivity contribution in [3.63, 3.8) is 0 Å². The Morgan fingerprint density at radius 1 is 1.21 bits per heavy atom. The molecule has 0 amide bonds. The average molecular weight is 254 g/mol. The second-order valence-corrected chi connectivity index (χ2v) is 6.07. The molecule has 1 aliphatic rings. The molecule has 0 heterocycles. The number of ketones is 1. The summed E-state index contributed by atoms with van der Waals surface area (Å²) in [6.45, 7) is 8.60. The van der Waals surface area contributed by atoms with Gasteiger partial charge in [0, 0.05) is 12.0 Å². The molecule has 0 unspecified atom stereocenters. The van der Waals surface area contributed by atoms with Gasteiger partial charge in [-0.2, -0.15) is 0 Å². The van der Waals surface area contributed by atoms with Gasteiger partial charge < -0.3 is 0 Å². The molecule has 2 rings (SSSR count). The van der Waals surface area contributed by atoms with E-state index in [2.05, 4.69) is 39.0 Å². The molecule has 1 aliphatic carbocycles. The van der Waals surface area contributed by atoms with Gasteiger partial charge >= 0.3 is 0 Å². The molecule has 0 spiro atoms. The zero-order chi connectivity index (χ0) is 14.0. The Labute approximate surface area is 116 Å². The summed E-state index contributed by atoms with van der Waals surface area (Å²) >= 11 is 0. The fourth-order valence-corrected chi connectivity index (χ4v) is 2.64. The first-order valence-corrected chi connectivity index (χ1v) is 6.98. The second-order valence-electron chi connectivity index (χ2n) is 6.07. The molecule has 0 N–H and O–H groups in total. The highest BCUT2D eigenvalue weighted by molar-refractivity contribution is 6.01. The third-order valence-electron chi connectivity index (χ3n) is 3.61. The van der Waals surface area contributed by atoms with Crippen LogP contribution in [0.3, 0.4) is 0 Å². The van der Waals surface area contributed by atoms with E-state index >= 15 is 0 Å². The van der Waals surface area contributed by atoms with Crippen LogP contribution in [-0.4, -0.2) is 5.78 Å². The lowest BCUT2D eigenvalue weighted by molar-refractivity contribution is 0.0988. The smallest absolute Gasteiger partial charge is 0.163 e. The highest BCUT2D eigenvalue weighted by atomic mass is 16.1. The van der Waals surface area contributed by atoms with E-state index in [4.69, 9.17) is 0 Å². The monoisotopic (exact) mass is 254 g/mol. The Morgan fingerprint density at radius 2 is 1.89 bits per heavy atom.